The quantitative estimate of drug-likeness (QED) is 0.523. The van der Waals surface area contributed by atoms with Crippen LogP contribution in [0.3, 0.4) is 0 Å². The molecule has 1 fully saturated rings. The minimum Gasteiger partial charge on any atom is -0.316 e. The van der Waals surface area contributed by atoms with E-state index in [1.165, 1.54) is 32.4 Å². The molecule has 0 aliphatic heterocycles. The Labute approximate surface area is 88.0 Å². The van der Waals surface area contributed by atoms with E-state index in [0.717, 1.165) is 23.7 Å². The minimum absolute atomic E-state index is 0.836. The fourth-order valence-electron chi connectivity index (χ4n) is 2.81. The SMILES string of the molecule is CC(C)CCNC[C@@H]1C[C@@H]2C=C[C@H]1C2. The number of rotatable bonds is 5. The fourth-order valence-corrected chi connectivity index (χ4v) is 2.81. The average Bonchev–Trinajstić information content (AvgIpc) is 2.73. The van der Waals surface area contributed by atoms with Crippen molar-refractivity contribution in [1.82, 2.24) is 5.32 Å². The van der Waals surface area contributed by atoms with Crippen molar-refractivity contribution in [3.63, 3.8) is 0 Å². The van der Waals surface area contributed by atoms with Gasteiger partial charge in [-0.2, -0.15) is 0 Å². The van der Waals surface area contributed by atoms with Gasteiger partial charge in [0.15, 0.2) is 0 Å². The topological polar surface area (TPSA) is 12.0 Å². The van der Waals surface area contributed by atoms with Crippen molar-refractivity contribution in [1.29, 1.82) is 0 Å². The molecule has 0 aromatic carbocycles. The summed E-state index contributed by atoms with van der Waals surface area (Å²) in [6.45, 7) is 7.04. The van der Waals surface area contributed by atoms with Crippen LogP contribution in [-0.4, -0.2) is 13.1 Å². The summed E-state index contributed by atoms with van der Waals surface area (Å²) in [5, 5.41) is 3.61. The molecule has 1 heteroatoms. The van der Waals surface area contributed by atoms with Crippen LogP contribution in [0.1, 0.15) is 33.1 Å². The van der Waals surface area contributed by atoms with Gasteiger partial charge in [0.2, 0.25) is 0 Å². The van der Waals surface area contributed by atoms with Crippen molar-refractivity contribution in [2.45, 2.75) is 33.1 Å². The standard InChI is InChI=1S/C13H23N/c1-10(2)5-6-14-9-13-8-11-3-4-12(13)7-11/h3-4,10-14H,5-9H2,1-2H3/t11-,12+,13+/m1/s1. The van der Waals surface area contributed by atoms with Crippen molar-refractivity contribution >= 4 is 0 Å². The Balaban J connectivity index is 1.61. The molecule has 1 nitrogen and oxygen atoms in total. The molecule has 0 unspecified atom stereocenters. The molecular weight excluding hydrogens is 170 g/mol. The van der Waals surface area contributed by atoms with Crippen LogP contribution < -0.4 is 5.32 Å². The normalized spacial score (nSPS) is 34.6. The summed E-state index contributed by atoms with van der Waals surface area (Å²) in [6, 6.07) is 0. The van der Waals surface area contributed by atoms with E-state index < -0.39 is 0 Å². The maximum absolute atomic E-state index is 3.61. The van der Waals surface area contributed by atoms with Crippen LogP contribution >= 0.6 is 0 Å². The number of hydrogen-bond acceptors (Lipinski definition) is 1. The zero-order valence-corrected chi connectivity index (χ0v) is 9.50. The van der Waals surface area contributed by atoms with E-state index in [-0.39, 0.29) is 0 Å². The highest BCUT2D eigenvalue weighted by atomic mass is 14.9. The number of nitrogens with one attached hydrogen (secondary N) is 1. The molecule has 80 valence electrons. The Morgan fingerprint density at radius 2 is 2.14 bits per heavy atom. The number of fused-ring (bicyclic) bond motifs is 2. The summed E-state index contributed by atoms with van der Waals surface area (Å²) in [7, 11) is 0. The van der Waals surface area contributed by atoms with Crippen molar-refractivity contribution in [3.05, 3.63) is 12.2 Å². The predicted molar refractivity (Wildman–Crippen MR) is 61.2 cm³/mol. The van der Waals surface area contributed by atoms with Crippen LogP contribution in [0.25, 0.3) is 0 Å². The van der Waals surface area contributed by atoms with Crippen LogP contribution in [0.4, 0.5) is 0 Å². The third-order valence-electron chi connectivity index (χ3n) is 3.72. The molecule has 2 aliphatic carbocycles. The molecule has 14 heavy (non-hydrogen) atoms. The molecular formula is C13H23N. The van der Waals surface area contributed by atoms with Crippen molar-refractivity contribution < 1.29 is 0 Å². The Bertz CT molecular complexity index is 207. The summed E-state index contributed by atoms with van der Waals surface area (Å²) in [5.41, 5.74) is 0. The maximum Gasteiger partial charge on any atom is -0.00147 e. The summed E-state index contributed by atoms with van der Waals surface area (Å²) >= 11 is 0. The first kappa shape index (κ1) is 10.2. The minimum atomic E-state index is 0.836. The van der Waals surface area contributed by atoms with E-state index in [1.54, 1.807) is 0 Å². The first-order valence-electron chi connectivity index (χ1n) is 6.14. The predicted octanol–water partition coefficient (Wildman–Crippen LogP) is 2.83. The van der Waals surface area contributed by atoms with E-state index in [0.29, 0.717) is 0 Å². The Morgan fingerprint density at radius 1 is 1.29 bits per heavy atom. The second kappa shape index (κ2) is 4.48. The third kappa shape index (κ3) is 2.38. The molecule has 0 aromatic rings. The largest absolute Gasteiger partial charge is 0.316 e. The molecule has 1 saturated carbocycles. The highest BCUT2D eigenvalue weighted by Gasteiger charge is 2.34. The number of allylic oxidation sites excluding steroid dienone is 2. The lowest BCUT2D eigenvalue weighted by molar-refractivity contribution is 0.405. The van der Waals surface area contributed by atoms with Gasteiger partial charge in [-0.1, -0.05) is 26.0 Å². The summed E-state index contributed by atoms with van der Waals surface area (Å²) in [6.07, 6.45) is 9.07. The Hall–Kier alpha value is -0.300. The molecule has 0 radical (unpaired) electrons. The second-order valence-electron chi connectivity index (χ2n) is 5.43. The molecule has 0 heterocycles. The maximum atomic E-state index is 3.61. The summed E-state index contributed by atoms with van der Waals surface area (Å²) < 4.78 is 0. The van der Waals surface area contributed by atoms with Gasteiger partial charge in [0, 0.05) is 0 Å². The van der Waals surface area contributed by atoms with Crippen LogP contribution in [0, 0.1) is 23.7 Å². The molecule has 0 amide bonds. The van der Waals surface area contributed by atoms with Crippen molar-refractivity contribution in [3.8, 4) is 0 Å². The highest BCUT2D eigenvalue weighted by Crippen LogP contribution is 2.42. The van der Waals surface area contributed by atoms with Gasteiger partial charge in [-0.15, -0.1) is 0 Å². The van der Waals surface area contributed by atoms with Gasteiger partial charge in [-0.3, -0.25) is 0 Å². The fraction of sp³-hybridized carbons (Fsp3) is 0.846. The van der Waals surface area contributed by atoms with Gasteiger partial charge < -0.3 is 5.32 Å². The van der Waals surface area contributed by atoms with E-state index in [1.807, 2.05) is 0 Å². The van der Waals surface area contributed by atoms with E-state index in [4.69, 9.17) is 0 Å². The molecule has 1 N–H and O–H groups in total. The van der Waals surface area contributed by atoms with Gasteiger partial charge in [0.25, 0.3) is 0 Å². The van der Waals surface area contributed by atoms with Crippen LogP contribution in [0.5, 0.6) is 0 Å². The highest BCUT2D eigenvalue weighted by molar-refractivity contribution is 5.10. The summed E-state index contributed by atoms with van der Waals surface area (Å²) in [5.74, 6) is 3.61. The third-order valence-corrected chi connectivity index (χ3v) is 3.72. The number of hydrogen-bond donors (Lipinski definition) is 1. The monoisotopic (exact) mass is 193 g/mol. The Morgan fingerprint density at radius 3 is 2.71 bits per heavy atom. The van der Waals surface area contributed by atoms with Crippen molar-refractivity contribution in [2.75, 3.05) is 13.1 Å². The smallest absolute Gasteiger partial charge is 0.00147 e. The van der Waals surface area contributed by atoms with Crippen molar-refractivity contribution in [2.24, 2.45) is 23.7 Å². The van der Waals surface area contributed by atoms with E-state index in [9.17, 15) is 0 Å². The van der Waals surface area contributed by atoms with E-state index in [2.05, 4.69) is 31.3 Å². The van der Waals surface area contributed by atoms with Gasteiger partial charge >= 0.3 is 0 Å². The van der Waals surface area contributed by atoms with Crippen LogP contribution in [0.15, 0.2) is 12.2 Å². The first-order valence-corrected chi connectivity index (χ1v) is 6.14. The first-order chi connectivity index (χ1) is 6.75. The lowest BCUT2D eigenvalue weighted by Crippen LogP contribution is -2.26. The molecule has 2 rings (SSSR count). The van der Waals surface area contributed by atoms with Gasteiger partial charge in [-0.05, 0) is 56.0 Å². The molecule has 0 spiro atoms. The zero-order valence-electron chi connectivity index (χ0n) is 9.50. The lowest BCUT2D eigenvalue weighted by atomic mass is 9.93. The molecule has 3 atom stereocenters. The molecule has 0 saturated heterocycles. The summed E-state index contributed by atoms with van der Waals surface area (Å²) in [4.78, 5) is 0. The molecule has 2 aliphatic rings. The van der Waals surface area contributed by atoms with Crippen LogP contribution in [-0.2, 0) is 0 Å². The molecule has 0 aromatic heterocycles. The lowest BCUT2D eigenvalue weighted by Gasteiger charge is -2.18. The second-order valence-corrected chi connectivity index (χ2v) is 5.43. The molecule has 2 bridgehead atoms. The zero-order chi connectivity index (χ0) is 9.97. The average molecular weight is 193 g/mol. The van der Waals surface area contributed by atoms with Gasteiger partial charge in [0.05, 0.1) is 0 Å². The van der Waals surface area contributed by atoms with Gasteiger partial charge in [-0.25, -0.2) is 0 Å². The van der Waals surface area contributed by atoms with E-state index >= 15 is 0 Å². The van der Waals surface area contributed by atoms with Gasteiger partial charge in [0.1, 0.15) is 0 Å². The van der Waals surface area contributed by atoms with Crippen LogP contribution in [0.2, 0.25) is 0 Å². The Kier molecular flexibility index (Phi) is 3.27.